The van der Waals surface area contributed by atoms with Crippen LogP contribution in [0.25, 0.3) is 21.5 Å². The molecule has 0 bridgehead atoms. The van der Waals surface area contributed by atoms with Crippen LogP contribution >= 0.6 is 11.3 Å². The minimum Gasteiger partial charge on any atom is -0.503 e. The summed E-state index contributed by atoms with van der Waals surface area (Å²) >= 11 is 1.29. The Labute approximate surface area is 207 Å². The van der Waals surface area contributed by atoms with Crippen LogP contribution in [0, 0.1) is 6.92 Å². The lowest BCUT2D eigenvalue weighted by atomic mass is 9.94. The van der Waals surface area contributed by atoms with Gasteiger partial charge in [0.05, 0.1) is 22.2 Å². The molecule has 0 spiro atoms. The van der Waals surface area contributed by atoms with Gasteiger partial charge in [0.25, 0.3) is 5.91 Å². The Morgan fingerprint density at radius 2 is 1.86 bits per heavy atom. The number of aliphatic hydroxyl groups is 1. The fourth-order valence-electron chi connectivity index (χ4n) is 4.73. The lowest BCUT2D eigenvalue weighted by molar-refractivity contribution is -0.129. The van der Waals surface area contributed by atoms with E-state index >= 15 is 0 Å². The number of thiazole rings is 1. The number of rotatable bonds is 8. The summed E-state index contributed by atoms with van der Waals surface area (Å²) in [5.74, 6) is -1.30. The molecule has 0 saturated heterocycles. The maximum Gasteiger partial charge on any atom is 0.290 e. The van der Waals surface area contributed by atoms with Gasteiger partial charge in [0.15, 0.2) is 5.76 Å². The number of aliphatic hydroxyl groups excluding tert-OH is 1. The smallest absolute Gasteiger partial charge is 0.290 e. The van der Waals surface area contributed by atoms with Crippen LogP contribution in [0.15, 0.2) is 72.1 Å². The highest BCUT2D eigenvalue weighted by atomic mass is 32.1. The molecule has 5 rings (SSSR count). The largest absolute Gasteiger partial charge is 0.503 e. The van der Waals surface area contributed by atoms with Crippen molar-refractivity contribution in [1.82, 2.24) is 14.9 Å². The number of fused-ring (bicyclic) bond motifs is 1. The molecule has 6 nitrogen and oxygen atoms in total. The molecule has 2 aromatic heterocycles. The van der Waals surface area contributed by atoms with E-state index in [0.717, 1.165) is 46.3 Å². The van der Waals surface area contributed by atoms with E-state index in [4.69, 9.17) is 0 Å². The summed E-state index contributed by atoms with van der Waals surface area (Å²) in [5.41, 5.74) is 3.37. The number of para-hydroxylation sites is 1. The maximum atomic E-state index is 13.9. The monoisotopic (exact) mass is 485 g/mol. The highest BCUT2D eigenvalue weighted by Gasteiger charge is 2.45. The van der Waals surface area contributed by atoms with E-state index in [1.54, 1.807) is 11.8 Å². The molecule has 2 N–H and O–H groups in total. The van der Waals surface area contributed by atoms with Gasteiger partial charge in [-0.2, -0.15) is 0 Å². The highest BCUT2D eigenvalue weighted by molar-refractivity contribution is 7.17. The van der Waals surface area contributed by atoms with Crippen LogP contribution in [0.3, 0.4) is 0 Å². The molecule has 0 aliphatic carbocycles. The Bertz CT molecular complexity index is 1430. The molecule has 1 aliphatic rings. The number of H-pyrrole nitrogens is 1. The van der Waals surface area contributed by atoms with Crippen molar-refractivity contribution < 1.29 is 14.7 Å². The number of carbonyl (C=O) groups is 2. The Hall–Kier alpha value is -3.71. The normalized spacial score (nSPS) is 16.0. The second-order valence-corrected chi connectivity index (χ2v) is 9.79. The molecule has 178 valence electrons. The zero-order valence-electron chi connectivity index (χ0n) is 19.7. The fraction of sp³-hybridized carbons (Fsp3) is 0.250. The van der Waals surface area contributed by atoms with Gasteiger partial charge in [-0.3, -0.25) is 9.59 Å². The SMILES string of the molecule is CCCCCN1C(=O)C(O)=C(C(=O)c2sc(-c3ccccc3)nc2C)C1c1c[nH]c2ccccc12. The van der Waals surface area contributed by atoms with Gasteiger partial charge in [-0.05, 0) is 19.4 Å². The lowest BCUT2D eigenvalue weighted by Gasteiger charge is -2.26. The van der Waals surface area contributed by atoms with Crippen molar-refractivity contribution in [1.29, 1.82) is 0 Å². The molecule has 1 aliphatic heterocycles. The summed E-state index contributed by atoms with van der Waals surface area (Å²) in [6.07, 6.45) is 4.61. The zero-order valence-corrected chi connectivity index (χ0v) is 20.6. The quantitative estimate of drug-likeness (QED) is 0.224. The van der Waals surface area contributed by atoms with Crippen molar-refractivity contribution in [3.05, 3.63) is 88.3 Å². The molecule has 2 aromatic carbocycles. The van der Waals surface area contributed by atoms with E-state index in [-0.39, 0.29) is 11.4 Å². The summed E-state index contributed by atoms with van der Waals surface area (Å²) in [4.78, 5) is 37.2. The molecular weight excluding hydrogens is 458 g/mol. The van der Waals surface area contributed by atoms with Gasteiger partial charge >= 0.3 is 0 Å². The number of nitrogens with zero attached hydrogens (tertiary/aromatic N) is 2. The van der Waals surface area contributed by atoms with Crippen LogP contribution in [0.5, 0.6) is 0 Å². The predicted octanol–water partition coefficient (Wildman–Crippen LogP) is 6.37. The first-order valence-electron chi connectivity index (χ1n) is 11.9. The van der Waals surface area contributed by atoms with Gasteiger partial charge in [0, 0.05) is 34.8 Å². The van der Waals surface area contributed by atoms with E-state index < -0.39 is 17.7 Å². The standard InChI is InChI=1S/C28H27N3O3S/c1-3-4-10-15-31-23(20-16-29-21-14-9-8-13-19(20)21)22(25(33)28(31)34)24(32)26-17(2)30-27(35-26)18-11-6-5-7-12-18/h5-9,11-14,16,23,29,33H,3-4,10,15H2,1-2H3. The number of ketones is 1. The molecule has 1 amide bonds. The second kappa shape index (κ2) is 9.50. The third kappa shape index (κ3) is 4.06. The zero-order chi connectivity index (χ0) is 24.5. The number of aromatic nitrogens is 2. The fourth-order valence-corrected chi connectivity index (χ4v) is 5.75. The van der Waals surface area contributed by atoms with Crippen LogP contribution < -0.4 is 0 Å². The van der Waals surface area contributed by atoms with E-state index in [9.17, 15) is 14.7 Å². The van der Waals surface area contributed by atoms with Gasteiger partial charge in [0.2, 0.25) is 5.78 Å². The summed E-state index contributed by atoms with van der Waals surface area (Å²) in [6, 6.07) is 16.8. The van der Waals surface area contributed by atoms with Crippen molar-refractivity contribution in [2.45, 2.75) is 39.2 Å². The first-order chi connectivity index (χ1) is 17.0. The third-order valence-corrected chi connectivity index (χ3v) is 7.70. The average Bonchev–Trinajstić information content (AvgIpc) is 3.54. The highest BCUT2D eigenvalue weighted by Crippen LogP contribution is 2.43. The molecule has 0 saturated carbocycles. The Kier molecular flexibility index (Phi) is 6.26. The van der Waals surface area contributed by atoms with E-state index in [2.05, 4.69) is 16.9 Å². The average molecular weight is 486 g/mol. The van der Waals surface area contributed by atoms with Crippen molar-refractivity contribution in [3.63, 3.8) is 0 Å². The summed E-state index contributed by atoms with van der Waals surface area (Å²) in [5, 5.41) is 12.7. The van der Waals surface area contributed by atoms with Crippen LogP contribution in [0.2, 0.25) is 0 Å². The van der Waals surface area contributed by atoms with Crippen molar-refractivity contribution in [3.8, 4) is 10.6 Å². The van der Waals surface area contributed by atoms with Crippen molar-refractivity contribution >= 4 is 33.9 Å². The van der Waals surface area contributed by atoms with Gasteiger partial charge in [-0.15, -0.1) is 11.3 Å². The minimum atomic E-state index is -0.662. The number of carbonyl (C=O) groups excluding carboxylic acids is 2. The van der Waals surface area contributed by atoms with Gasteiger partial charge in [0.1, 0.15) is 5.01 Å². The molecule has 1 atom stereocenters. The minimum absolute atomic E-state index is 0.127. The third-order valence-electron chi connectivity index (χ3n) is 6.49. The first-order valence-corrected chi connectivity index (χ1v) is 12.7. The van der Waals surface area contributed by atoms with Crippen LogP contribution in [0.4, 0.5) is 0 Å². The molecule has 35 heavy (non-hydrogen) atoms. The molecule has 7 heteroatoms. The molecular formula is C28H27N3O3S. The van der Waals surface area contributed by atoms with Crippen LogP contribution in [-0.4, -0.2) is 38.2 Å². The van der Waals surface area contributed by atoms with Crippen molar-refractivity contribution in [2.75, 3.05) is 6.54 Å². The predicted molar refractivity (Wildman–Crippen MR) is 139 cm³/mol. The number of aromatic amines is 1. The Morgan fingerprint density at radius 1 is 1.11 bits per heavy atom. The number of unbranched alkanes of at least 4 members (excludes halogenated alkanes) is 2. The first kappa shape index (κ1) is 23.1. The van der Waals surface area contributed by atoms with Gasteiger partial charge in [-0.1, -0.05) is 68.3 Å². The number of hydrogen-bond donors (Lipinski definition) is 2. The van der Waals surface area contributed by atoms with E-state index in [1.807, 2.05) is 60.8 Å². The van der Waals surface area contributed by atoms with E-state index in [1.165, 1.54) is 11.3 Å². The lowest BCUT2D eigenvalue weighted by Crippen LogP contribution is -2.32. The molecule has 0 fully saturated rings. The number of amides is 1. The van der Waals surface area contributed by atoms with Crippen LogP contribution in [0.1, 0.15) is 53.2 Å². The number of nitrogens with one attached hydrogen (secondary N) is 1. The molecule has 3 heterocycles. The van der Waals surface area contributed by atoms with E-state index in [0.29, 0.717) is 17.1 Å². The number of aryl methyl sites for hydroxylation is 1. The molecule has 1 unspecified atom stereocenters. The van der Waals surface area contributed by atoms with Crippen molar-refractivity contribution in [2.24, 2.45) is 0 Å². The van der Waals surface area contributed by atoms with Crippen LogP contribution in [-0.2, 0) is 4.79 Å². The summed E-state index contributed by atoms with van der Waals surface area (Å²) in [7, 11) is 0. The summed E-state index contributed by atoms with van der Waals surface area (Å²) in [6.45, 7) is 4.36. The number of hydrogen-bond acceptors (Lipinski definition) is 5. The summed E-state index contributed by atoms with van der Waals surface area (Å²) < 4.78 is 0. The maximum absolute atomic E-state index is 13.9. The number of benzene rings is 2. The van der Waals surface area contributed by atoms with Gasteiger partial charge in [-0.25, -0.2) is 4.98 Å². The topological polar surface area (TPSA) is 86.3 Å². The van der Waals surface area contributed by atoms with Gasteiger partial charge < -0.3 is 15.0 Å². The molecule has 0 radical (unpaired) electrons. The second-order valence-electron chi connectivity index (χ2n) is 8.79. The Balaban J connectivity index is 1.60. The number of Topliss-reactive ketones (excluding diaryl/α,β-unsaturated/α-hetero) is 1. The Morgan fingerprint density at radius 3 is 2.63 bits per heavy atom. The molecule has 4 aromatic rings.